The molecule has 0 radical (unpaired) electrons. The molecule has 2 rings (SSSR count). The van der Waals surface area contributed by atoms with Gasteiger partial charge in [0.05, 0.1) is 12.8 Å². The molecule has 0 saturated heterocycles. The summed E-state index contributed by atoms with van der Waals surface area (Å²) in [7, 11) is -3.71. The fourth-order valence-electron chi connectivity index (χ4n) is 1.92. The number of aliphatic hydroxyl groups is 1. The quantitative estimate of drug-likeness (QED) is 0.753. The molecule has 0 aliphatic rings. The van der Waals surface area contributed by atoms with E-state index >= 15 is 0 Å². The molecule has 0 fully saturated rings. The van der Waals surface area contributed by atoms with Crippen LogP contribution in [0.25, 0.3) is 0 Å². The number of hydrogen-bond acceptors (Lipinski definition) is 4. The summed E-state index contributed by atoms with van der Waals surface area (Å²) in [6.07, 6.45) is 1.30. The van der Waals surface area contributed by atoms with E-state index in [0.29, 0.717) is 5.92 Å². The number of aliphatic hydroxyl groups excluding tert-OH is 1. The van der Waals surface area contributed by atoms with Gasteiger partial charge in [-0.3, -0.25) is 5.10 Å². The van der Waals surface area contributed by atoms with Crippen LogP contribution in [0.4, 0.5) is 0 Å². The zero-order valence-corrected chi connectivity index (χ0v) is 12.8. The lowest BCUT2D eigenvalue weighted by Gasteiger charge is -2.08. The van der Waals surface area contributed by atoms with Crippen molar-refractivity contribution in [3.63, 3.8) is 0 Å². The van der Waals surface area contributed by atoms with E-state index in [1.807, 2.05) is 24.3 Å². The Morgan fingerprint density at radius 2 is 1.95 bits per heavy atom. The Morgan fingerprint density at radius 3 is 2.52 bits per heavy atom. The summed E-state index contributed by atoms with van der Waals surface area (Å²) in [4.78, 5) is 0. The van der Waals surface area contributed by atoms with E-state index in [0.717, 1.165) is 5.56 Å². The molecule has 0 bridgehead atoms. The van der Waals surface area contributed by atoms with Gasteiger partial charge in [0.2, 0.25) is 0 Å². The first-order valence-electron chi connectivity index (χ1n) is 6.65. The van der Waals surface area contributed by atoms with Gasteiger partial charge in [0, 0.05) is 12.1 Å². The summed E-state index contributed by atoms with van der Waals surface area (Å²) in [6.45, 7) is 4.01. The molecule has 0 spiro atoms. The zero-order chi connectivity index (χ0) is 15.5. The molecule has 0 aliphatic heterocycles. The third kappa shape index (κ3) is 3.69. The first-order valence-corrected chi connectivity index (χ1v) is 8.14. The Labute approximate surface area is 124 Å². The van der Waals surface area contributed by atoms with Crippen molar-refractivity contribution in [3.05, 3.63) is 47.2 Å². The minimum absolute atomic E-state index is 0.0937. The van der Waals surface area contributed by atoms with Crippen molar-refractivity contribution >= 4 is 10.0 Å². The fraction of sp³-hybridized carbons (Fsp3) is 0.357. The number of aromatic nitrogens is 2. The number of aromatic amines is 1. The van der Waals surface area contributed by atoms with E-state index in [4.69, 9.17) is 5.11 Å². The SMILES string of the molecule is CC(C)c1ccc(CNS(=O)(=O)c2[nH]ncc2CO)cc1. The molecule has 1 aromatic carbocycles. The van der Waals surface area contributed by atoms with Gasteiger partial charge in [0.15, 0.2) is 5.03 Å². The minimum atomic E-state index is -3.71. The Bertz CT molecular complexity index is 691. The summed E-state index contributed by atoms with van der Waals surface area (Å²) in [5, 5.41) is 15.0. The minimum Gasteiger partial charge on any atom is -0.392 e. The van der Waals surface area contributed by atoms with Gasteiger partial charge in [-0.1, -0.05) is 38.1 Å². The molecule has 21 heavy (non-hydrogen) atoms. The highest BCUT2D eigenvalue weighted by atomic mass is 32.2. The molecule has 2 aromatic rings. The number of nitrogens with one attached hydrogen (secondary N) is 2. The van der Waals surface area contributed by atoms with Crippen LogP contribution in [0.2, 0.25) is 0 Å². The van der Waals surface area contributed by atoms with Crippen molar-refractivity contribution in [2.45, 2.75) is 37.9 Å². The second-order valence-electron chi connectivity index (χ2n) is 5.10. The van der Waals surface area contributed by atoms with Crippen LogP contribution in [-0.2, 0) is 23.2 Å². The van der Waals surface area contributed by atoms with Gasteiger partial charge in [0.1, 0.15) is 0 Å². The highest BCUT2D eigenvalue weighted by Gasteiger charge is 2.20. The first-order chi connectivity index (χ1) is 9.94. The van der Waals surface area contributed by atoms with Crippen LogP contribution in [0.15, 0.2) is 35.5 Å². The maximum absolute atomic E-state index is 12.1. The number of sulfonamides is 1. The van der Waals surface area contributed by atoms with Crippen molar-refractivity contribution in [2.24, 2.45) is 0 Å². The molecular formula is C14H19N3O3S. The highest BCUT2D eigenvalue weighted by Crippen LogP contribution is 2.16. The molecule has 0 aliphatic carbocycles. The van der Waals surface area contributed by atoms with Crippen LogP contribution < -0.4 is 4.72 Å². The predicted octanol–water partition coefficient (Wildman–Crippen LogP) is 1.50. The van der Waals surface area contributed by atoms with E-state index in [1.54, 1.807) is 0 Å². The molecule has 0 amide bonds. The van der Waals surface area contributed by atoms with Gasteiger partial charge < -0.3 is 5.11 Å². The summed E-state index contributed by atoms with van der Waals surface area (Å²) >= 11 is 0. The third-order valence-corrected chi connectivity index (χ3v) is 4.65. The smallest absolute Gasteiger partial charge is 0.258 e. The molecule has 3 N–H and O–H groups in total. The fourth-order valence-corrected chi connectivity index (χ4v) is 3.05. The topological polar surface area (TPSA) is 95.1 Å². The Balaban J connectivity index is 2.08. The zero-order valence-electron chi connectivity index (χ0n) is 12.0. The van der Waals surface area contributed by atoms with Gasteiger partial charge in [-0.25, -0.2) is 13.1 Å². The van der Waals surface area contributed by atoms with E-state index in [1.165, 1.54) is 11.8 Å². The lowest BCUT2D eigenvalue weighted by molar-refractivity contribution is 0.278. The Morgan fingerprint density at radius 1 is 1.29 bits per heavy atom. The predicted molar refractivity (Wildman–Crippen MR) is 79.1 cm³/mol. The van der Waals surface area contributed by atoms with Crippen molar-refractivity contribution in [2.75, 3.05) is 0 Å². The Hall–Kier alpha value is -1.70. The monoisotopic (exact) mass is 309 g/mol. The maximum atomic E-state index is 12.1. The molecule has 0 atom stereocenters. The van der Waals surface area contributed by atoms with Crippen LogP contribution in [-0.4, -0.2) is 23.7 Å². The maximum Gasteiger partial charge on any atom is 0.258 e. The van der Waals surface area contributed by atoms with Gasteiger partial charge >= 0.3 is 0 Å². The number of rotatable bonds is 6. The lowest BCUT2D eigenvalue weighted by Crippen LogP contribution is -2.24. The van der Waals surface area contributed by atoms with Gasteiger partial charge in [-0.05, 0) is 17.0 Å². The van der Waals surface area contributed by atoms with Crippen LogP contribution in [0.3, 0.4) is 0 Å². The van der Waals surface area contributed by atoms with E-state index in [9.17, 15) is 8.42 Å². The van der Waals surface area contributed by atoms with Gasteiger partial charge in [-0.2, -0.15) is 5.10 Å². The van der Waals surface area contributed by atoms with Crippen LogP contribution >= 0.6 is 0 Å². The second-order valence-corrected chi connectivity index (χ2v) is 6.81. The summed E-state index contributed by atoms with van der Waals surface area (Å²) in [5.74, 6) is 0.438. The lowest BCUT2D eigenvalue weighted by atomic mass is 10.0. The standard InChI is InChI=1S/C14H19N3O3S/c1-10(2)12-5-3-11(4-6-12)7-16-21(19,20)14-13(9-18)8-15-17-14/h3-6,8,10,16,18H,7,9H2,1-2H3,(H,15,17). The average molecular weight is 309 g/mol. The van der Waals surface area contributed by atoms with Crippen LogP contribution in [0.1, 0.15) is 36.5 Å². The molecule has 7 heteroatoms. The van der Waals surface area contributed by atoms with Gasteiger partial charge in [0.25, 0.3) is 10.0 Å². The van der Waals surface area contributed by atoms with Crippen molar-refractivity contribution in [3.8, 4) is 0 Å². The molecule has 0 saturated carbocycles. The first kappa shape index (κ1) is 15.7. The largest absolute Gasteiger partial charge is 0.392 e. The molecule has 1 aromatic heterocycles. The molecule has 6 nitrogen and oxygen atoms in total. The van der Waals surface area contributed by atoms with Crippen molar-refractivity contribution < 1.29 is 13.5 Å². The molecule has 114 valence electrons. The van der Waals surface area contributed by atoms with E-state index in [2.05, 4.69) is 28.8 Å². The second kappa shape index (κ2) is 6.38. The van der Waals surface area contributed by atoms with Crippen LogP contribution in [0, 0.1) is 0 Å². The number of nitrogens with zero attached hydrogens (tertiary/aromatic N) is 1. The molecule has 0 unspecified atom stereocenters. The number of hydrogen-bond donors (Lipinski definition) is 3. The van der Waals surface area contributed by atoms with Crippen molar-refractivity contribution in [1.82, 2.24) is 14.9 Å². The number of H-pyrrole nitrogens is 1. The summed E-state index contributed by atoms with van der Waals surface area (Å²) < 4.78 is 26.7. The van der Waals surface area contributed by atoms with Gasteiger partial charge in [-0.15, -0.1) is 0 Å². The molecular weight excluding hydrogens is 290 g/mol. The summed E-state index contributed by atoms with van der Waals surface area (Å²) in [5.41, 5.74) is 2.32. The van der Waals surface area contributed by atoms with E-state index in [-0.39, 0.29) is 23.7 Å². The average Bonchev–Trinajstić information content (AvgIpc) is 2.95. The normalized spacial score (nSPS) is 12.0. The third-order valence-electron chi connectivity index (χ3n) is 3.23. The summed E-state index contributed by atoms with van der Waals surface area (Å²) in [6, 6.07) is 7.78. The molecule has 1 heterocycles. The van der Waals surface area contributed by atoms with Crippen LogP contribution in [0.5, 0.6) is 0 Å². The van der Waals surface area contributed by atoms with E-state index < -0.39 is 10.0 Å². The highest BCUT2D eigenvalue weighted by molar-refractivity contribution is 7.89. The number of benzene rings is 1. The Kier molecular flexibility index (Phi) is 4.76. The van der Waals surface area contributed by atoms with Crippen molar-refractivity contribution in [1.29, 1.82) is 0 Å².